The largest absolute Gasteiger partial charge is 0.478 e. The van der Waals surface area contributed by atoms with Gasteiger partial charge in [0, 0.05) is 19.6 Å². The van der Waals surface area contributed by atoms with Crippen molar-refractivity contribution in [3.63, 3.8) is 0 Å². The smallest absolute Gasteiger partial charge is 0.335 e. The van der Waals surface area contributed by atoms with Gasteiger partial charge in [-0.2, -0.15) is 0 Å². The molecule has 4 rings (SSSR count). The van der Waals surface area contributed by atoms with Gasteiger partial charge < -0.3 is 10.4 Å². The molecule has 0 radical (unpaired) electrons. The number of nitrogens with zero attached hydrogens (tertiary/aromatic N) is 1. The number of nitrogens with one attached hydrogen (secondary N) is 1. The van der Waals surface area contributed by atoms with Crippen LogP contribution in [0.25, 0.3) is 0 Å². The summed E-state index contributed by atoms with van der Waals surface area (Å²) in [6, 6.07) is 25.0. The molecule has 1 unspecified atom stereocenters. The molecule has 0 saturated carbocycles. The Morgan fingerprint density at radius 1 is 0.871 bits per heavy atom. The highest BCUT2D eigenvalue weighted by atomic mass is 16.4. The number of carboxylic acid groups (broad SMARTS) is 1. The van der Waals surface area contributed by atoms with Crippen molar-refractivity contribution >= 4 is 11.9 Å². The molecule has 3 aromatic rings. The summed E-state index contributed by atoms with van der Waals surface area (Å²) in [5.74, 6) is -0.949. The summed E-state index contributed by atoms with van der Waals surface area (Å²) in [6.07, 6.45) is 1.58. The molecule has 0 saturated heterocycles. The van der Waals surface area contributed by atoms with E-state index in [0.717, 1.165) is 25.1 Å². The van der Waals surface area contributed by atoms with Crippen molar-refractivity contribution in [1.29, 1.82) is 0 Å². The topological polar surface area (TPSA) is 69.6 Å². The van der Waals surface area contributed by atoms with Gasteiger partial charge in [-0.1, -0.05) is 66.7 Å². The zero-order valence-electron chi connectivity index (χ0n) is 17.3. The number of carboxylic acids is 1. The summed E-state index contributed by atoms with van der Waals surface area (Å²) in [6.45, 7) is 1.95. The molecular formula is C26H26N2O3. The molecule has 2 N–H and O–H groups in total. The highest BCUT2D eigenvalue weighted by Gasteiger charge is 2.31. The van der Waals surface area contributed by atoms with Gasteiger partial charge in [-0.3, -0.25) is 9.69 Å². The van der Waals surface area contributed by atoms with Crippen LogP contribution in [0.2, 0.25) is 0 Å². The lowest BCUT2D eigenvalue weighted by molar-refractivity contribution is -0.127. The van der Waals surface area contributed by atoms with Gasteiger partial charge in [-0.05, 0) is 47.2 Å². The van der Waals surface area contributed by atoms with E-state index in [4.69, 9.17) is 5.11 Å². The maximum atomic E-state index is 13.1. The third-order valence-corrected chi connectivity index (χ3v) is 5.85. The van der Waals surface area contributed by atoms with Gasteiger partial charge in [0.05, 0.1) is 11.6 Å². The fourth-order valence-corrected chi connectivity index (χ4v) is 4.06. The molecule has 0 spiro atoms. The molecule has 158 valence electrons. The molecule has 0 bridgehead atoms. The second kappa shape index (κ2) is 9.58. The first-order chi connectivity index (χ1) is 15.1. The van der Waals surface area contributed by atoms with Crippen LogP contribution in [0.1, 0.15) is 32.6 Å². The quantitative estimate of drug-likeness (QED) is 0.619. The number of carbonyl (C=O) groups excluding carboxylic acids is 1. The first-order valence-electron chi connectivity index (χ1n) is 10.5. The lowest BCUT2D eigenvalue weighted by Gasteiger charge is -2.36. The molecule has 0 aliphatic carbocycles. The zero-order valence-corrected chi connectivity index (χ0v) is 17.3. The number of hydrogen-bond donors (Lipinski definition) is 2. The second-order valence-corrected chi connectivity index (χ2v) is 7.91. The van der Waals surface area contributed by atoms with Crippen LogP contribution in [0.5, 0.6) is 0 Å². The first-order valence-corrected chi connectivity index (χ1v) is 10.5. The van der Waals surface area contributed by atoms with E-state index in [1.54, 1.807) is 24.3 Å². The molecule has 5 nitrogen and oxygen atoms in total. The molecular weight excluding hydrogens is 388 g/mol. The van der Waals surface area contributed by atoms with Crippen LogP contribution in [0.15, 0.2) is 78.9 Å². The third kappa shape index (κ3) is 5.19. The summed E-state index contributed by atoms with van der Waals surface area (Å²) < 4.78 is 0. The molecule has 1 aliphatic rings. The fourth-order valence-electron chi connectivity index (χ4n) is 4.06. The Morgan fingerprint density at radius 2 is 1.55 bits per heavy atom. The lowest BCUT2D eigenvalue weighted by Crippen LogP contribution is -2.50. The third-order valence-electron chi connectivity index (χ3n) is 5.85. The summed E-state index contributed by atoms with van der Waals surface area (Å²) in [5.41, 5.74) is 4.89. The van der Waals surface area contributed by atoms with Gasteiger partial charge in [0.15, 0.2) is 0 Å². The van der Waals surface area contributed by atoms with Crippen LogP contribution in [0, 0.1) is 0 Å². The highest BCUT2D eigenvalue weighted by molar-refractivity contribution is 5.87. The van der Waals surface area contributed by atoms with Crippen LogP contribution >= 0.6 is 0 Å². The standard InChI is InChI=1S/C26H26N2O3/c29-25(27-17-20-10-12-21(13-11-20)26(30)31)24-16-22-8-4-5-9-23(22)18-28(24)15-14-19-6-2-1-3-7-19/h1-13,24H,14-18H2,(H,27,29)(H,30,31). The number of carbonyl (C=O) groups is 2. The van der Waals surface area contributed by atoms with Crippen molar-refractivity contribution in [3.8, 4) is 0 Å². The SMILES string of the molecule is O=C(O)c1ccc(CNC(=O)C2Cc3ccccc3CN2CCc2ccccc2)cc1. The molecule has 3 aromatic carbocycles. The Hall–Kier alpha value is -3.44. The number of rotatable bonds is 7. The molecule has 1 amide bonds. The number of fused-ring (bicyclic) bond motifs is 1. The van der Waals surface area contributed by atoms with Crippen molar-refractivity contribution < 1.29 is 14.7 Å². The minimum Gasteiger partial charge on any atom is -0.478 e. The van der Waals surface area contributed by atoms with Crippen molar-refractivity contribution in [2.45, 2.75) is 32.0 Å². The fraction of sp³-hybridized carbons (Fsp3) is 0.231. The van der Waals surface area contributed by atoms with Gasteiger partial charge in [0.1, 0.15) is 0 Å². The van der Waals surface area contributed by atoms with E-state index < -0.39 is 5.97 Å². The van der Waals surface area contributed by atoms with Gasteiger partial charge in [-0.25, -0.2) is 4.79 Å². The molecule has 1 atom stereocenters. The summed E-state index contributed by atoms with van der Waals surface area (Å²) in [7, 11) is 0. The molecule has 0 fully saturated rings. The van der Waals surface area contributed by atoms with Crippen LogP contribution < -0.4 is 5.32 Å². The number of hydrogen-bond acceptors (Lipinski definition) is 3. The van der Waals surface area contributed by atoms with Crippen molar-refractivity contribution in [3.05, 3.63) is 107 Å². The Kier molecular flexibility index (Phi) is 6.43. The predicted molar refractivity (Wildman–Crippen MR) is 120 cm³/mol. The Bertz CT molecular complexity index is 1050. The van der Waals surface area contributed by atoms with E-state index in [1.807, 2.05) is 24.3 Å². The number of aromatic carboxylic acids is 1. The molecule has 31 heavy (non-hydrogen) atoms. The predicted octanol–water partition coefficient (Wildman–Crippen LogP) is 3.67. The van der Waals surface area contributed by atoms with E-state index in [-0.39, 0.29) is 17.5 Å². The van der Waals surface area contributed by atoms with Gasteiger partial charge in [-0.15, -0.1) is 0 Å². The van der Waals surface area contributed by atoms with E-state index in [2.05, 4.69) is 40.5 Å². The zero-order chi connectivity index (χ0) is 21.6. The lowest BCUT2D eigenvalue weighted by atomic mass is 9.93. The van der Waals surface area contributed by atoms with Crippen molar-refractivity contribution in [2.75, 3.05) is 6.54 Å². The Morgan fingerprint density at radius 3 is 2.26 bits per heavy atom. The summed E-state index contributed by atoms with van der Waals surface area (Å²) >= 11 is 0. The van der Waals surface area contributed by atoms with Gasteiger partial charge in [0.25, 0.3) is 0 Å². The second-order valence-electron chi connectivity index (χ2n) is 7.91. The summed E-state index contributed by atoms with van der Waals surface area (Å²) in [4.78, 5) is 26.4. The molecule has 1 heterocycles. The maximum Gasteiger partial charge on any atom is 0.335 e. The molecule has 5 heteroatoms. The minimum absolute atomic E-state index is 0.00451. The first kappa shape index (κ1) is 20.8. The van der Waals surface area contributed by atoms with Crippen molar-refractivity contribution in [2.24, 2.45) is 0 Å². The van der Waals surface area contributed by atoms with E-state index in [0.29, 0.717) is 13.0 Å². The highest BCUT2D eigenvalue weighted by Crippen LogP contribution is 2.24. The van der Waals surface area contributed by atoms with Crippen LogP contribution in [-0.4, -0.2) is 34.5 Å². The van der Waals surface area contributed by atoms with Crippen LogP contribution in [0.3, 0.4) is 0 Å². The van der Waals surface area contributed by atoms with Crippen molar-refractivity contribution in [1.82, 2.24) is 10.2 Å². The van der Waals surface area contributed by atoms with Crippen LogP contribution in [0.4, 0.5) is 0 Å². The van der Waals surface area contributed by atoms with Gasteiger partial charge >= 0.3 is 5.97 Å². The van der Waals surface area contributed by atoms with Gasteiger partial charge in [0.2, 0.25) is 5.91 Å². The monoisotopic (exact) mass is 414 g/mol. The van der Waals surface area contributed by atoms with E-state index in [9.17, 15) is 9.59 Å². The van der Waals surface area contributed by atoms with E-state index in [1.165, 1.54) is 16.7 Å². The number of amides is 1. The minimum atomic E-state index is -0.953. The Balaban J connectivity index is 1.44. The normalized spacial score (nSPS) is 15.8. The maximum absolute atomic E-state index is 13.1. The number of benzene rings is 3. The van der Waals surface area contributed by atoms with Crippen LogP contribution in [-0.2, 0) is 30.7 Å². The molecule has 0 aromatic heterocycles. The van der Waals surface area contributed by atoms with E-state index >= 15 is 0 Å². The average molecular weight is 415 g/mol. The summed E-state index contributed by atoms with van der Waals surface area (Å²) in [5, 5.41) is 12.1. The average Bonchev–Trinajstić information content (AvgIpc) is 2.81. The Labute approximate surface area is 182 Å². The molecule has 1 aliphatic heterocycles.